The van der Waals surface area contributed by atoms with E-state index < -0.39 is 11.2 Å². The summed E-state index contributed by atoms with van der Waals surface area (Å²) in [6, 6.07) is 16.2. The summed E-state index contributed by atoms with van der Waals surface area (Å²) in [6.45, 7) is 2.30. The van der Waals surface area contributed by atoms with E-state index in [-0.39, 0.29) is 12.5 Å². The van der Waals surface area contributed by atoms with Crippen molar-refractivity contribution in [1.82, 2.24) is 14.0 Å². The summed E-state index contributed by atoms with van der Waals surface area (Å²) in [6.07, 6.45) is 1.46. The van der Waals surface area contributed by atoms with E-state index in [1.165, 1.54) is 33.5 Å². The van der Waals surface area contributed by atoms with Crippen LogP contribution in [0.5, 0.6) is 0 Å². The molecular formula is C23H21ClN4O3S. The van der Waals surface area contributed by atoms with Crippen LogP contribution in [0.3, 0.4) is 0 Å². The van der Waals surface area contributed by atoms with Crippen molar-refractivity contribution < 1.29 is 4.79 Å². The Hall–Kier alpha value is -3.10. The summed E-state index contributed by atoms with van der Waals surface area (Å²) in [5.74, 6) is 0.330. The van der Waals surface area contributed by atoms with Gasteiger partial charge in [0.05, 0.1) is 12.2 Å². The summed E-state index contributed by atoms with van der Waals surface area (Å²) in [5, 5.41) is 1.14. The molecule has 0 radical (unpaired) electrons. The maximum absolute atomic E-state index is 13.0. The van der Waals surface area contributed by atoms with Gasteiger partial charge in [-0.25, -0.2) is 9.79 Å². The van der Waals surface area contributed by atoms with Gasteiger partial charge in [-0.05, 0) is 30.2 Å². The standard InChI is InChI=1S/C23H21ClN4O3S/c1-16-18(24)8-5-9-19(16)25-22-27(12-13-32-22)21(30)15-28-20(29)10-11-26(23(28)31)14-17-6-3-2-4-7-17/h2-11H,12-15H2,1H3. The summed E-state index contributed by atoms with van der Waals surface area (Å²) in [4.78, 5) is 44.5. The highest BCUT2D eigenvalue weighted by molar-refractivity contribution is 8.14. The molecule has 1 aliphatic heterocycles. The fraction of sp³-hybridized carbons (Fsp3) is 0.217. The van der Waals surface area contributed by atoms with Gasteiger partial charge in [0, 0.05) is 29.6 Å². The fourth-order valence-corrected chi connectivity index (χ4v) is 4.51. The highest BCUT2D eigenvalue weighted by atomic mass is 35.5. The Kier molecular flexibility index (Phi) is 6.62. The molecule has 32 heavy (non-hydrogen) atoms. The van der Waals surface area contributed by atoms with Crippen molar-refractivity contribution in [1.29, 1.82) is 0 Å². The highest BCUT2D eigenvalue weighted by Gasteiger charge is 2.27. The Morgan fingerprint density at radius 1 is 1.09 bits per heavy atom. The molecular weight excluding hydrogens is 448 g/mol. The third-order valence-electron chi connectivity index (χ3n) is 5.16. The lowest BCUT2D eigenvalue weighted by Crippen LogP contribution is -2.44. The Balaban J connectivity index is 1.59. The smallest absolute Gasteiger partial charge is 0.296 e. The zero-order valence-corrected chi connectivity index (χ0v) is 19.0. The van der Waals surface area contributed by atoms with Gasteiger partial charge in [0.2, 0.25) is 5.91 Å². The van der Waals surface area contributed by atoms with Crippen molar-refractivity contribution in [2.75, 3.05) is 12.3 Å². The summed E-state index contributed by atoms with van der Waals surface area (Å²) >= 11 is 7.63. The molecule has 0 spiro atoms. The van der Waals surface area contributed by atoms with Crippen molar-refractivity contribution in [2.24, 2.45) is 4.99 Å². The second-order valence-electron chi connectivity index (χ2n) is 7.31. The van der Waals surface area contributed by atoms with Crippen molar-refractivity contribution in [3.8, 4) is 0 Å². The molecule has 0 bridgehead atoms. The summed E-state index contributed by atoms with van der Waals surface area (Å²) in [5.41, 5.74) is 1.40. The van der Waals surface area contributed by atoms with Crippen LogP contribution in [0.4, 0.5) is 5.69 Å². The van der Waals surface area contributed by atoms with Crippen LogP contribution in [0, 0.1) is 6.92 Å². The zero-order chi connectivity index (χ0) is 22.7. The van der Waals surface area contributed by atoms with Crippen molar-refractivity contribution in [3.05, 3.63) is 97.8 Å². The molecule has 7 nitrogen and oxygen atoms in total. The molecule has 0 saturated carbocycles. The second-order valence-corrected chi connectivity index (χ2v) is 8.78. The first-order chi connectivity index (χ1) is 15.4. The molecule has 164 valence electrons. The first-order valence-corrected chi connectivity index (χ1v) is 11.4. The molecule has 1 amide bonds. The number of hydrogen-bond donors (Lipinski definition) is 0. The minimum absolute atomic E-state index is 0.314. The summed E-state index contributed by atoms with van der Waals surface area (Å²) < 4.78 is 2.39. The Morgan fingerprint density at radius 2 is 1.88 bits per heavy atom. The monoisotopic (exact) mass is 468 g/mol. The topological polar surface area (TPSA) is 76.7 Å². The molecule has 3 aromatic rings. The first-order valence-electron chi connectivity index (χ1n) is 10.1. The lowest BCUT2D eigenvalue weighted by atomic mass is 10.2. The van der Waals surface area contributed by atoms with Gasteiger partial charge in [0.25, 0.3) is 5.56 Å². The van der Waals surface area contributed by atoms with Crippen LogP contribution in [0.15, 0.2) is 75.4 Å². The van der Waals surface area contributed by atoms with Gasteiger partial charge in [-0.3, -0.25) is 23.6 Å². The number of thioether (sulfide) groups is 1. The van der Waals surface area contributed by atoms with Crippen LogP contribution in [0.2, 0.25) is 5.02 Å². The number of benzene rings is 2. The van der Waals surface area contributed by atoms with E-state index in [9.17, 15) is 14.4 Å². The number of hydrogen-bond acceptors (Lipinski definition) is 5. The third-order valence-corrected chi connectivity index (χ3v) is 6.53. The predicted molar refractivity (Wildman–Crippen MR) is 128 cm³/mol. The van der Waals surface area contributed by atoms with E-state index in [1.807, 2.05) is 43.3 Å². The van der Waals surface area contributed by atoms with Gasteiger partial charge in [0.15, 0.2) is 5.17 Å². The van der Waals surface area contributed by atoms with E-state index >= 15 is 0 Å². The predicted octanol–water partition coefficient (Wildman–Crippen LogP) is 3.28. The molecule has 0 unspecified atom stereocenters. The van der Waals surface area contributed by atoms with Crippen LogP contribution in [0.1, 0.15) is 11.1 Å². The maximum atomic E-state index is 13.0. The summed E-state index contributed by atoms with van der Waals surface area (Å²) in [7, 11) is 0. The average molecular weight is 469 g/mol. The van der Waals surface area contributed by atoms with E-state index in [1.54, 1.807) is 12.1 Å². The minimum Gasteiger partial charge on any atom is -0.296 e. The number of nitrogens with zero attached hydrogens (tertiary/aromatic N) is 4. The average Bonchev–Trinajstić information content (AvgIpc) is 3.25. The highest BCUT2D eigenvalue weighted by Crippen LogP contribution is 2.29. The number of aliphatic imine (C=N–C) groups is 1. The fourth-order valence-electron chi connectivity index (χ4n) is 3.37. The third kappa shape index (κ3) is 4.71. The Morgan fingerprint density at radius 3 is 2.66 bits per heavy atom. The molecule has 4 rings (SSSR count). The SMILES string of the molecule is Cc1c(Cl)cccc1N=C1SCCN1C(=O)Cn1c(=O)ccn(Cc2ccccc2)c1=O. The molecule has 1 aliphatic rings. The quantitative estimate of drug-likeness (QED) is 0.575. The van der Waals surface area contributed by atoms with Gasteiger partial charge in [0.1, 0.15) is 6.54 Å². The molecule has 0 atom stereocenters. The van der Waals surface area contributed by atoms with Gasteiger partial charge in [-0.15, -0.1) is 0 Å². The second kappa shape index (κ2) is 9.58. The van der Waals surface area contributed by atoms with Crippen LogP contribution < -0.4 is 11.2 Å². The lowest BCUT2D eigenvalue weighted by molar-refractivity contribution is -0.127. The number of amides is 1. The van der Waals surface area contributed by atoms with Gasteiger partial charge in [-0.2, -0.15) is 0 Å². The molecule has 9 heteroatoms. The molecule has 1 saturated heterocycles. The molecule has 0 N–H and O–H groups in total. The van der Waals surface area contributed by atoms with Crippen molar-refractivity contribution >= 4 is 40.1 Å². The molecule has 0 aliphatic carbocycles. The van der Waals surface area contributed by atoms with Crippen molar-refractivity contribution in [3.63, 3.8) is 0 Å². The van der Waals surface area contributed by atoms with Crippen LogP contribution in [0.25, 0.3) is 0 Å². The van der Waals surface area contributed by atoms with E-state index in [0.717, 1.165) is 15.7 Å². The van der Waals surface area contributed by atoms with Crippen LogP contribution >= 0.6 is 23.4 Å². The molecule has 1 fully saturated rings. The zero-order valence-electron chi connectivity index (χ0n) is 17.4. The van der Waals surface area contributed by atoms with Gasteiger partial charge < -0.3 is 0 Å². The maximum Gasteiger partial charge on any atom is 0.331 e. The minimum atomic E-state index is -0.522. The van der Waals surface area contributed by atoms with Crippen LogP contribution in [-0.2, 0) is 17.9 Å². The first kappa shape index (κ1) is 22.1. The number of rotatable bonds is 5. The van der Waals surface area contributed by atoms with E-state index in [4.69, 9.17) is 11.6 Å². The normalized spacial score (nSPS) is 14.8. The molecule has 2 aromatic carbocycles. The van der Waals surface area contributed by atoms with E-state index in [0.29, 0.717) is 34.7 Å². The number of carbonyl (C=O) groups excluding carboxylic acids is 1. The number of carbonyl (C=O) groups is 1. The Labute approximate surface area is 194 Å². The van der Waals surface area contributed by atoms with Crippen molar-refractivity contribution in [2.45, 2.75) is 20.0 Å². The Bertz CT molecular complexity index is 1300. The lowest BCUT2D eigenvalue weighted by Gasteiger charge is -2.17. The number of amidine groups is 1. The van der Waals surface area contributed by atoms with Gasteiger partial charge >= 0.3 is 5.69 Å². The molecule has 2 heterocycles. The number of aromatic nitrogens is 2. The van der Waals surface area contributed by atoms with Crippen LogP contribution in [-0.4, -0.2) is 37.4 Å². The van der Waals surface area contributed by atoms with Gasteiger partial charge in [-0.1, -0.05) is 59.8 Å². The van der Waals surface area contributed by atoms with E-state index in [2.05, 4.69) is 4.99 Å². The number of halogens is 1. The molecule has 1 aromatic heterocycles. The largest absolute Gasteiger partial charge is 0.331 e.